The van der Waals surface area contributed by atoms with Gasteiger partial charge in [-0.3, -0.25) is 19.7 Å². The molecule has 246 valence electrons. The normalized spacial score (nSPS) is 11.9. The zero-order chi connectivity index (χ0) is 34.4. The largest absolute Gasteiger partial charge is 0.375 e. The molecule has 2 N–H and O–H groups in total. The Hall–Kier alpha value is -5.34. The summed E-state index contributed by atoms with van der Waals surface area (Å²) in [5, 5.41) is 15.5. The number of carbonyl (C=O) groups is 2. The predicted molar refractivity (Wildman–Crippen MR) is 183 cm³/mol. The molecular formula is C34H30FN5O6S2. The molecule has 1 aromatic heterocycles. The number of amides is 2. The molecule has 0 spiro atoms. The number of nitro groups is 1. The number of halogens is 1. The molecule has 0 aliphatic carbocycles. The van der Waals surface area contributed by atoms with E-state index in [4.69, 9.17) is 0 Å². The van der Waals surface area contributed by atoms with Gasteiger partial charge in [0.2, 0.25) is 5.91 Å². The van der Waals surface area contributed by atoms with Gasteiger partial charge < -0.3 is 10.2 Å². The summed E-state index contributed by atoms with van der Waals surface area (Å²) in [7, 11) is -1.30. The van der Waals surface area contributed by atoms with E-state index in [2.05, 4.69) is 10.3 Å². The molecule has 4 aromatic carbocycles. The van der Waals surface area contributed by atoms with Crippen LogP contribution in [-0.2, 0) is 14.8 Å². The van der Waals surface area contributed by atoms with Crippen molar-refractivity contribution in [2.24, 2.45) is 0 Å². The fourth-order valence-corrected chi connectivity index (χ4v) is 6.68. The van der Waals surface area contributed by atoms with Gasteiger partial charge in [0, 0.05) is 59.8 Å². The van der Waals surface area contributed by atoms with E-state index in [1.807, 2.05) is 35.1 Å². The maximum absolute atomic E-state index is 14.0. The van der Waals surface area contributed by atoms with Crippen molar-refractivity contribution in [3.8, 4) is 11.3 Å². The van der Waals surface area contributed by atoms with Gasteiger partial charge in [-0.2, -0.15) is 0 Å². The van der Waals surface area contributed by atoms with E-state index >= 15 is 0 Å². The lowest BCUT2D eigenvalue weighted by molar-refractivity contribution is -0.384. The van der Waals surface area contributed by atoms with E-state index in [-0.39, 0.29) is 23.6 Å². The van der Waals surface area contributed by atoms with Crippen LogP contribution in [0.3, 0.4) is 0 Å². The second-order valence-corrected chi connectivity index (χ2v) is 13.7. The summed E-state index contributed by atoms with van der Waals surface area (Å²) in [5.74, 6) is -1.14. The second-order valence-electron chi connectivity index (χ2n) is 10.9. The molecule has 48 heavy (non-hydrogen) atoms. The van der Waals surface area contributed by atoms with E-state index in [9.17, 15) is 32.5 Å². The van der Waals surface area contributed by atoms with E-state index in [1.54, 1.807) is 50.5 Å². The summed E-state index contributed by atoms with van der Waals surface area (Å²) in [6.45, 7) is 0. The van der Waals surface area contributed by atoms with Crippen LogP contribution in [0.4, 0.5) is 15.8 Å². The number of nitro benzene ring substituents is 1. The maximum Gasteiger partial charge on any atom is 0.293 e. The lowest BCUT2D eigenvalue weighted by Crippen LogP contribution is -2.32. The fraction of sp³-hybridized carbons (Fsp3) is 0.147. The molecular weight excluding hydrogens is 658 g/mol. The molecule has 0 fully saturated rings. The molecule has 0 saturated heterocycles. The summed E-state index contributed by atoms with van der Waals surface area (Å²) in [4.78, 5) is 43.1. The van der Waals surface area contributed by atoms with Gasteiger partial charge in [-0.05, 0) is 60.7 Å². The molecule has 11 nitrogen and oxygen atoms in total. The standard InChI is InChI=1S/C34H30FN5O6S2/c1-39(2)33(41)19-24(21-47-25-7-4-3-5-8-25)36-31-17-15-26(20-32(31)40(43)44)48(45,46)38-34(42)23-13-11-22(12-14-23)29-18-16-27-28(35)9-6-10-30(27)37-29/h3-18,20,24,36H,19,21H2,1-2H3,(H,38,42)/t24-/m1/s1. The van der Waals surface area contributed by atoms with Crippen molar-refractivity contribution in [1.29, 1.82) is 0 Å². The number of hydrogen-bond acceptors (Lipinski definition) is 9. The van der Waals surface area contributed by atoms with Crippen molar-refractivity contribution in [3.05, 3.63) is 125 Å². The summed E-state index contributed by atoms with van der Waals surface area (Å²) in [6, 6.07) is 26.0. The topological polar surface area (TPSA) is 152 Å². The highest BCUT2D eigenvalue weighted by Crippen LogP contribution is 2.30. The molecule has 1 atom stereocenters. The third kappa shape index (κ3) is 8.14. The number of pyridine rings is 1. The second kappa shape index (κ2) is 14.6. The Balaban J connectivity index is 1.32. The molecule has 0 radical (unpaired) electrons. The van der Waals surface area contributed by atoms with Crippen molar-refractivity contribution >= 4 is 55.9 Å². The molecule has 0 bridgehead atoms. The first-order valence-electron chi connectivity index (χ1n) is 14.6. The minimum absolute atomic E-state index is 0.0197. The van der Waals surface area contributed by atoms with Crippen LogP contribution in [0.25, 0.3) is 22.2 Å². The SMILES string of the molecule is CN(C)C(=O)C[C@H](CSc1ccccc1)Nc1ccc(S(=O)(=O)NC(=O)c2ccc(-c3ccc4c(F)cccc4n3)cc2)cc1[N+](=O)[O-]. The highest BCUT2D eigenvalue weighted by molar-refractivity contribution is 7.99. The molecule has 1 heterocycles. The minimum Gasteiger partial charge on any atom is -0.375 e. The van der Waals surface area contributed by atoms with Crippen LogP contribution in [0.2, 0.25) is 0 Å². The van der Waals surface area contributed by atoms with Crippen LogP contribution in [0, 0.1) is 15.9 Å². The number of benzene rings is 4. The molecule has 14 heteroatoms. The number of rotatable bonds is 12. The summed E-state index contributed by atoms with van der Waals surface area (Å²) in [5.41, 5.74) is 1.11. The number of anilines is 1. The van der Waals surface area contributed by atoms with E-state index < -0.39 is 43.3 Å². The van der Waals surface area contributed by atoms with Crippen LogP contribution in [0.15, 0.2) is 113 Å². The first-order valence-corrected chi connectivity index (χ1v) is 17.0. The Morgan fingerprint density at radius 1 is 0.958 bits per heavy atom. The van der Waals surface area contributed by atoms with Gasteiger partial charge in [0.15, 0.2) is 0 Å². The third-order valence-corrected chi connectivity index (χ3v) is 9.80. The van der Waals surface area contributed by atoms with Gasteiger partial charge in [0.25, 0.3) is 21.6 Å². The Labute approximate surface area is 280 Å². The molecule has 0 aliphatic heterocycles. The lowest BCUT2D eigenvalue weighted by atomic mass is 10.1. The molecule has 5 aromatic rings. The van der Waals surface area contributed by atoms with Crippen molar-refractivity contribution in [2.45, 2.75) is 22.3 Å². The first-order chi connectivity index (χ1) is 22.9. The van der Waals surface area contributed by atoms with E-state index in [0.717, 1.165) is 17.0 Å². The van der Waals surface area contributed by atoms with Crippen LogP contribution in [0.1, 0.15) is 16.8 Å². The number of hydrogen-bond donors (Lipinski definition) is 2. The van der Waals surface area contributed by atoms with Gasteiger partial charge in [-0.15, -0.1) is 11.8 Å². The van der Waals surface area contributed by atoms with Gasteiger partial charge in [-0.25, -0.2) is 22.5 Å². The van der Waals surface area contributed by atoms with Crippen LogP contribution in [-0.4, -0.2) is 60.9 Å². The van der Waals surface area contributed by atoms with Gasteiger partial charge in [0.1, 0.15) is 11.5 Å². The maximum atomic E-state index is 14.0. The number of nitrogens with zero attached hydrogens (tertiary/aromatic N) is 3. The Morgan fingerprint density at radius 2 is 1.69 bits per heavy atom. The number of sulfonamides is 1. The van der Waals surface area contributed by atoms with Crippen LogP contribution < -0.4 is 10.0 Å². The number of thioether (sulfide) groups is 1. The number of carbonyl (C=O) groups excluding carboxylic acids is 2. The van der Waals surface area contributed by atoms with Gasteiger partial charge in [0.05, 0.1) is 21.0 Å². The number of fused-ring (bicyclic) bond motifs is 1. The Morgan fingerprint density at radius 3 is 2.38 bits per heavy atom. The van der Waals surface area contributed by atoms with Crippen molar-refractivity contribution in [3.63, 3.8) is 0 Å². The smallest absolute Gasteiger partial charge is 0.293 e. The Bertz CT molecular complexity index is 2100. The third-order valence-electron chi connectivity index (χ3n) is 7.30. The number of aromatic nitrogens is 1. The molecule has 0 saturated carbocycles. The quantitative estimate of drug-likeness (QED) is 0.0898. The van der Waals surface area contributed by atoms with Gasteiger partial charge in [-0.1, -0.05) is 36.4 Å². The summed E-state index contributed by atoms with van der Waals surface area (Å²) in [6.07, 6.45) is 0.0361. The monoisotopic (exact) mass is 687 g/mol. The molecule has 0 unspecified atom stereocenters. The molecule has 5 rings (SSSR count). The zero-order valence-electron chi connectivity index (χ0n) is 25.8. The minimum atomic E-state index is -4.52. The average Bonchev–Trinajstić information content (AvgIpc) is 3.07. The first kappa shape index (κ1) is 34.0. The fourth-order valence-electron chi connectivity index (χ4n) is 4.74. The van der Waals surface area contributed by atoms with E-state index in [1.165, 1.54) is 40.9 Å². The van der Waals surface area contributed by atoms with Crippen molar-refractivity contribution in [2.75, 3.05) is 25.2 Å². The van der Waals surface area contributed by atoms with E-state index in [0.29, 0.717) is 27.9 Å². The Kier molecular flexibility index (Phi) is 10.4. The van der Waals surface area contributed by atoms with Crippen LogP contribution >= 0.6 is 11.8 Å². The summed E-state index contributed by atoms with van der Waals surface area (Å²) >= 11 is 1.46. The zero-order valence-corrected chi connectivity index (χ0v) is 27.4. The lowest BCUT2D eigenvalue weighted by Gasteiger charge is -2.21. The van der Waals surface area contributed by atoms with Crippen molar-refractivity contribution < 1.29 is 27.3 Å². The predicted octanol–water partition coefficient (Wildman–Crippen LogP) is 6.12. The van der Waals surface area contributed by atoms with Crippen LogP contribution in [0.5, 0.6) is 0 Å². The average molecular weight is 688 g/mol. The highest BCUT2D eigenvalue weighted by atomic mass is 32.2. The number of nitrogens with one attached hydrogen (secondary N) is 2. The molecule has 0 aliphatic rings. The summed E-state index contributed by atoms with van der Waals surface area (Å²) < 4.78 is 42.3. The molecule has 2 amide bonds. The van der Waals surface area contributed by atoms with Crippen molar-refractivity contribution in [1.82, 2.24) is 14.6 Å². The highest BCUT2D eigenvalue weighted by Gasteiger charge is 2.26. The van der Waals surface area contributed by atoms with Gasteiger partial charge >= 0.3 is 0 Å².